The molecule has 0 saturated carbocycles. The van der Waals surface area contributed by atoms with Crippen LogP contribution in [0.2, 0.25) is 0 Å². The maximum atomic E-state index is 12.2. The molecule has 0 amide bonds. The number of anilines is 1. The van der Waals surface area contributed by atoms with Gasteiger partial charge in [-0.1, -0.05) is 0 Å². The summed E-state index contributed by atoms with van der Waals surface area (Å²) in [5, 5.41) is 11.9. The Morgan fingerprint density at radius 2 is 1.96 bits per heavy atom. The number of H-pyrrole nitrogens is 1. The minimum absolute atomic E-state index is 0.114. The van der Waals surface area contributed by atoms with Crippen molar-refractivity contribution in [1.29, 1.82) is 0 Å². The Hall–Kier alpha value is -3.49. The zero-order valence-corrected chi connectivity index (χ0v) is 12.4. The first kappa shape index (κ1) is 15.4. The molecule has 3 rings (SSSR count). The first-order valence-corrected chi connectivity index (χ1v) is 7.07. The molecule has 0 aliphatic heterocycles. The molecule has 0 atom stereocenters. The molecule has 0 bridgehead atoms. The van der Waals surface area contributed by atoms with E-state index >= 15 is 0 Å². The Bertz CT molecular complexity index is 958. The predicted molar refractivity (Wildman–Crippen MR) is 85.3 cm³/mol. The van der Waals surface area contributed by atoms with Crippen LogP contribution in [0.15, 0.2) is 41.7 Å². The van der Waals surface area contributed by atoms with E-state index in [9.17, 15) is 14.4 Å². The van der Waals surface area contributed by atoms with Gasteiger partial charge in [-0.15, -0.1) is 0 Å². The van der Waals surface area contributed by atoms with E-state index in [4.69, 9.17) is 5.11 Å². The standard InChI is InChI=1S/C15H13N5O4/c21-11(20-8-19-12-13(20)17-7-18-14(12)22)5-6-16-10-3-1-9(2-4-10)15(23)24/h1-4,7-8,16H,5-6H2,(H,23,24)(H,17,18,22). The fourth-order valence-electron chi connectivity index (χ4n) is 2.19. The van der Waals surface area contributed by atoms with Crippen molar-refractivity contribution in [2.75, 3.05) is 11.9 Å². The summed E-state index contributed by atoms with van der Waals surface area (Å²) in [6.07, 6.45) is 2.65. The molecule has 2 heterocycles. The number of nitrogens with zero attached hydrogens (tertiary/aromatic N) is 3. The molecule has 0 saturated heterocycles. The SMILES string of the molecule is O=C(O)c1ccc(NCCC(=O)n2cnc3c(=O)[nH]cnc32)cc1. The number of aromatic carboxylic acids is 1. The van der Waals surface area contributed by atoms with Crippen LogP contribution in [0, 0.1) is 0 Å². The number of hydrogen-bond donors (Lipinski definition) is 3. The van der Waals surface area contributed by atoms with E-state index < -0.39 is 11.5 Å². The molecule has 9 nitrogen and oxygen atoms in total. The van der Waals surface area contributed by atoms with Crippen LogP contribution in [-0.4, -0.2) is 43.0 Å². The minimum Gasteiger partial charge on any atom is -0.478 e. The van der Waals surface area contributed by atoms with Gasteiger partial charge in [-0.05, 0) is 24.3 Å². The molecular weight excluding hydrogens is 314 g/mol. The molecule has 9 heteroatoms. The van der Waals surface area contributed by atoms with Gasteiger partial charge in [0.15, 0.2) is 11.2 Å². The summed E-state index contributed by atoms with van der Waals surface area (Å²) in [5.41, 5.74) is 0.830. The van der Waals surface area contributed by atoms with Gasteiger partial charge in [-0.2, -0.15) is 0 Å². The number of carbonyl (C=O) groups is 2. The van der Waals surface area contributed by atoms with Gasteiger partial charge in [0.2, 0.25) is 5.91 Å². The van der Waals surface area contributed by atoms with Crippen molar-refractivity contribution in [1.82, 2.24) is 19.5 Å². The van der Waals surface area contributed by atoms with E-state index in [1.54, 1.807) is 12.1 Å². The lowest BCUT2D eigenvalue weighted by Crippen LogP contribution is -2.16. The van der Waals surface area contributed by atoms with Crippen molar-refractivity contribution in [2.45, 2.75) is 6.42 Å². The van der Waals surface area contributed by atoms with Gasteiger partial charge in [0.05, 0.1) is 11.9 Å². The lowest BCUT2D eigenvalue weighted by Gasteiger charge is -2.06. The quantitative estimate of drug-likeness (QED) is 0.636. The fraction of sp³-hybridized carbons (Fsp3) is 0.133. The Kier molecular flexibility index (Phi) is 4.06. The molecule has 2 aromatic heterocycles. The molecule has 0 aliphatic carbocycles. The second-order valence-electron chi connectivity index (χ2n) is 4.97. The second-order valence-corrected chi connectivity index (χ2v) is 4.97. The topological polar surface area (TPSA) is 130 Å². The molecule has 0 unspecified atom stereocenters. The van der Waals surface area contributed by atoms with Crippen molar-refractivity contribution in [2.24, 2.45) is 0 Å². The maximum Gasteiger partial charge on any atom is 0.335 e. The second kappa shape index (κ2) is 6.32. The summed E-state index contributed by atoms with van der Waals surface area (Å²) in [4.78, 5) is 44.8. The first-order chi connectivity index (χ1) is 11.6. The van der Waals surface area contributed by atoms with Crippen LogP contribution < -0.4 is 10.9 Å². The molecular formula is C15H13N5O4. The number of rotatable bonds is 5. The molecule has 0 spiro atoms. The summed E-state index contributed by atoms with van der Waals surface area (Å²) in [5.74, 6) is -1.25. The molecule has 122 valence electrons. The normalized spacial score (nSPS) is 10.7. The van der Waals surface area contributed by atoms with Gasteiger partial charge < -0.3 is 15.4 Å². The van der Waals surface area contributed by atoms with E-state index in [0.29, 0.717) is 12.2 Å². The molecule has 24 heavy (non-hydrogen) atoms. The predicted octanol–water partition coefficient (Wildman–Crippen LogP) is 0.960. The first-order valence-electron chi connectivity index (χ1n) is 7.07. The number of fused-ring (bicyclic) bond motifs is 1. The number of carbonyl (C=O) groups excluding carboxylic acids is 1. The van der Waals surface area contributed by atoms with E-state index in [1.165, 1.54) is 29.4 Å². The molecule has 3 N–H and O–H groups in total. The van der Waals surface area contributed by atoms with E-state index in [1.807, 2.05) is 0 Å². The number of carboxylic acid groups (broad SMARTS) is 1. The van der Waals surface area contributed by atoms with Crippen molar-refractivity contribution in [3.63, 3.8) is 0 Å². The van der Waals surface area contributed by atoms with Crippen LogP contribution in [0.4, 0.5) is 5.69 Å². The number of imidazole rings is 1. The van der Waals surface area contributed by atoms with Gasteiger partial charge in [-0.3, -0.25) is 14.2 Å². The average molecular weight is 327 g/mol. The lowest BCUT2D eigenvalue weighted by molar-refractivity contribution is 0.0696. The van der Waals surface area contributed by atoms with Gasteiger partial charge in [-0.25, -0.2) is 14.8 Å². The third-order valence-electron chi connectivity index (χ3n) is 3.41. The third-order valence-corrected chi connectivity index (χ3v) is 3.41. The Labute approximate surface area is 135 Å². The van der Waals surface area contributed by atoms with Crippen molar-refractivity contribution >= 4 is 28.7 Å². The summed E-state index contributed by atoms with van der Waals surface area (Å²) in [6, 6.07) is 6.21. The smallest absolute Gasteiger partial charge is 0.335 e. The highest BCUT2D eigenvalue weighted by Gasteiger charge is 2.12. The number of carboxylic acids is 1. The van der Waals surface area contributed by atoms with E-state index in [-0.39, 0.29) is 29.1 Å². The van der Waals surface area contributed by atoms with Gasteiger partial charge >= 0.3 is 5.97 Å². The van der Waals surface area contributed by atoms with Crippen LogP contribution in [0.25, 0.3) is 11.2 Å². The van der Waals surface area contributed by atoms with Crippen LogP contribution in [0.3, 0.4) is 0 Å². The number of benzene rings is 1. The molecule has 3 aromatic rings. The van der Waals surface area contributed by atoms with E-state index in [2.05, 4.69) is 20.3 Å². The number of hydrogen-bond acceptors (Lipinski definition) is 6. The highest BCUT2D eigenvalue weighted by molar-refractivity contribution is 5.88. The Morgan fingerprint density at radius 1 is 1.21 bits per heavy atom. The fourth-order valence-corrected chi connectivity index (χ4v) is 2.19. The zero-order valence-electron chi connectivity index (χ0n) is 12.4. The third kappa shape index (κ3) is 3.00. The van der Waals surface area contributed by atoms with Gasteiger partial charge in [0.1, 0.15) is 6.33 Å². The molecule has 0 radical (unpaired) electrons. The highest BCUT2D eigenvalue weighted by Crippen LogP contribution is 2.10. The van der Waals surface area contributed by atoms with Crippen molar-refractivity contribution in [3.05, 3.63) is 52.8 Å². The lowest BCUT2D eigenvalue weighted by atomic mass is 10.2. The van der Waals surface area contributed by atoms with Crippen LogP contribution in [0.1, 0.15) is 21.6 Å². The molecule has 0 fully saturated rings. The van der Waals surface area contributed by atoms with Crippen LogP contribution >= 0.6 is 0 Å². The average Bonchev–Trinajstić information content (AvgIpc) is 3.01. The maximum absolute atomic E-state index is 12.2. The minimum atomic E-state index is -0.994. The number of aromatic nitrogens is 4. The van der Waals surface area contributed by atoms with Crippen molar-refractivity contribution in [3.8, 4) is 0 Å². The summed E-state index contributed by atoms with van der Waals surface area (Å²) in [6.45, 7) is 0.341. The summed E-state index contributed by atoms with van der Waals surface area (Å²) >= 11 is 0. The number of aromatic amines is 1. The van der Waals surface area contributed by atoms with Crippen LogP contribution in [0.5, 0.6) is 0 Å². The molecule has 0 aliphatic rings. The van der Waals surface area contributed by atoms with Gasteiger partial charge in [0, 0.05) is 18.7 Å². The van der Waals surface area contributed by atoms with Crippen molar-refractivity contribution < 1.29 is 14.7 Å². The van der Waals surface area contributed by atoms with Gasteiger partial charge in [0.25, 0.3) is 5.56 Å². The zero-order chi connectivity index (χ0) is 17.1. The summed E-state index contributed by atoms with van der Waals surface area (Å²) < 4.78 is 1.24. The Morgan fingerprint density at radius 3 is 2.67 bits per heavy atom. The number of nitrogens with one attached hydrogen (secondary N) is 2. The van der Waals surface area contributed by atoms with Crippen LogP contribution in [-0.2, 0) is 0 Å². The summed E-state index contributed by atoms with van der Waals surface area (Å²) in [7, 11) is 0. The Balaban J connectivity index is 1.64. The largest absolute Gasteiger partial charge is 0.478 e. The highest BCUT2D eigenvalue weighted by atomic mass is 16.4. The van der Waals surface area contributed by atoms with E-state index in [0.717, 1.165) is 0 Å². The molecule has 1 aromatic carbocycles. The monoisotopic (exact) mass is 327 g/mol.